The van der Waals surface area contributed by atoms with Crippen molar-refractivity contribution in [1.29, 1.82) is 0 Å². The average molecular weight is 273 g/mol. The summed E-state index contributed by atoms with van der Waals surface area (Å²) in [6.07, 6.45) is 3.08. The maximum atomic E-state index is 11.7. The van der Waals surface area contributed by atoms with Crippen molar-refractivity contribution in [3.05, 3.63) is 51.8 Å². The summed E-state index contributed by atoms with van der Waals surface area (Å²) in [6.45, 7) is 0.556. The first-order valence-electron chi connectivity index (χ1n) is 5.64. The van der Waals surface area contributed by atoms with Crippen molar-refractivity contribution in [2.75, 3.05) is 5.43 Å². The normalized spacial score (nSPS) is 10.8. The van der Waals surface area contributed by atoms with Gasteiger partial charge in [-0.05, 0) is 12.1 Å². The Morgan fingerprint density at radius 3 is 2.95 bits per heavy atom. The van der Waals surface area contributed by atoms with Crippen molar-refractivity contribution in [2.24, 2.45) is 5.84 Å². The van der Waals surface area contributed by atoms with Gasteiger partial charge in [-0.1, -0.05) is 23.5 Å². The van der Waals surface area contributed by atoms with Crippen molar-refractivity contribution in [1.82, 2.24) is 14.8 Å². The first kappa shape index (κ1) is 11.8. The number of nitrogens with two attached hydrogens (primary N) is 1. The number of nitrogens with zero attached hydrogens (tertiary/aromatic N) is 3. The fourth-order valence-corrected chi connectivity index (χ4v) is 2.59. The van der Waals surface area contributed by atoms with Gasteiger partial charge in [-0.3, -0.25) is 14.9 Å². The summed E-state index contributed by atoms with van der Waals surface area (Å²) >= 11 is 1.45. The lowest BCUT2D eigenvalue weighted by molar-refractivity contribution is 0.701. The lowest BCUT2D eigenvalue weighted by atomic mass is 10.2. The fraction of sp³-hybridized carbons (Fsp3) is 0.0833. The topological polar surface area (TPSA) is 85.8 Å². The number of hydrogen-bond donors (Lipinski definition) is 2. The van der Waals surface area contributed by atoms with Crippen LogP contribution in [0.3, 0.4) is 0 Å². The van der Waals surface area contributed by atoms with E-state index in [0.29, 0.717) is 17.1 Å². The molecule has 0 bridgehead atoms. The van der Waals surface area contributed by atoms with Crippen LogP contribution in [-0.2, 0) is 6.54 Å². The van der Waals surface area contributed by atoms with E-state index in [1.165, 1.54) is 17.5 Å². The number of thiazole rings is 1. The van der Waals surface area contributed by atoms with Gasteiger partial charge in [0.1, 0.15) is 0 Å². The van der Waals surface area contributed by atoms with Crippen LogP contribution in [0, 0.1) is 0 Å². The molecule has 0 aliphatic heterocycles. The number of hydrogen-bond acceptors (Lipinski definition) is 6. The van der Waals surface area contributed by atoms with Gasteiger partial charge in [0.2, 0.25) is 5.43 Å². The fourth-order valence-electron chi connectivity index (χ4n) is 1.88. The molecule has 7 heteroatoms. The molecule has 1 aromatic carbocycles. The molecule has 0 saturated heterocycles. The summed E-state index contributed by atoms with van der Waals surface area (Å²) in [6, 6.07) is 7.42. The van der Waals surface area contributed by atoms with E-state index in [4.69, 9.17) is 5.84 Å². The molecule has 0 atom stereocenters. The number of benzene rings is 1. The molecule has 19 heavy (non-hydrogen) atoms. The first-order valence-corrected chi connectivity index (χ1v) is 6.46. The molecule has 6 nitrogen and oxygen atoms in total. The van der Waals surface area contributed by atoms with Crippen molar-refractivity contribution in [3.63, 3.8) is 0 Å². The number of para-hydroxylation sites is 1. The Bertz CT molecular complexity index is 779. The Kier molecular flexibility index (Phi) is 2.98. The molecule has 2 aromatic heterocycles. The smallest absolute Gasteiger partial charge is 0.207 e. The zero-order valence-corrected chi connectivity index (χ0v) is 10.7. The van der Waals surface area contributed by atoms with Crippen molar-refractivity contribution in [3.8, 4) is 0 Å². The van der Waals surface area contributed by atoms with Gasteiger partial charge in [0, 0.05) is 16.5 Å². The molecule has 3 N–H and O–H groups in total. The maximum Gasteiger partial charge on any atom is 0.207 e. The third-order valence-corrected chi connectivity index (χ3v) is 3.66. The van der Waals surface area contributed by atoms with Crippen molar-refractivity contribution < 1.29 is 0 Å². The van der Waals surface area contributed by atoms with Crippen molar-refractivity contribution >= 4 is 27.4 Å². The van der Waals surface area contributed by atoms with E-state index in [1.54, 1.807) is 16.9 Å². The Morgan fingerprint density at radius 2 is 2.16 bits per heavy atom. The predicted octanol–water partition coefficient (Wildman–Crippen LogP) is 1.19. The minimum absolute atomic E-state index is 0.0690. The third kappa shape index (κ3) is 2.20. The maximum absolute atomic E-state index is 11.7. The lowest BCUT2D eigenvalue weighted by Gasteiger charge is -2.07. The van der Waals surface area contributed by atoms with E-state index >= 15 is 0 Å². The van der Waals surface area contributed by atoms with Crippen LogP contribution in [0.2, 0.25) is 0 Å². The van der Waals surface area contributed by atoms with Crippen LogP contribution in [0.1, 0.15) is 4.88 Å². The lowest BCUT2D eigenvalue weighted by Crippen LogP contribution is -2.12. The van der Waals surface area contributed by atoms with E-state index in [9.17, 15) is 4.79 Å². The minimum atomic E-state index is -0.0690. The van der Waals surface area contributed by atoms with Crippen LogP contribution in [0.5, 0.6) is 0 Å². The van der Waals surface area contributed by atoms with E-state index < -0.39 is 0 Å². The largest absolute Gasteiger partial charge is 0.300 e. The Labute approximate surface area is 112 Å². The van der Waals surface area contributed by atoms with Gasteiger partial charge >= 0.3 is 0 Å². The number of aromatic nitrogens is 3. The van der Waals surface area contributed by atoms with Crippen LogP contribution in [0.25, 0.3) is 10.9 Å². The second-order valence-electron chi connectivity index (χ2n) is 3.96. The summed E-state index contributed by atoms with van der Waals surface area (Å²) < 4.78 is 1.78. The summed E-state index contributed by atoms with van der Waals surface area (Å²) in [5.74, 6) is 5.30. The molecule has 3 rings (SSSR count). The molecule has 3 aromatic rings. The first-order chi connectivity index (χ1) is 9.28. The molecule has 96 valence electrons. The number of nitrogen functional groups attached to an aromatic ring is 1. The second kappa shape index (κ2) is 4.79. The van der Waals surface area contributed by atoms with Gasteiger partial charge in [0.05, 0.1) is 18.3 Å². The van der Waals surface area contributed by atoms with Crippen LogP contribution in [0.15, 0.2) is 41.5 Å². The highest BCUT2D eigenvalue weighted by Crippen LogP contribution is 2.19. The Balaban J connectivity index is 2.06. The molecule has 0 fully saturated rings. The van der Waals surface area contributed by atoms with Crippen LogP contribution in [0.4, 0.5) is 5.13 Å². The molecular formula is C12H11N5OS. The third-order valence-electron chi connectivity index (χ3n) is 2.74. The average Bonchev–Trinajstić information content (AvgIpc) is 2.90. The van der Waals surface area contributed by atoms with Crippen LogP contribution in [-0.4, -0.2) is 14.8 Å². The van der Waals surface area contributed by atoms with Gasteiger partial charge in [-0.15, -0.1) is 0 Å². The van der Waals surface area contributed by atoms with Gasteiger partial charge in [-0.2, -0.15) is 5.10 Å². The van der Waals surface area contributed by atoms with Gasteiger partial charge in [0.25, 0.3) is 0 Å². The SMILES string of the molecule is NNc1ncc(Cn2ncc(=O)c3ccccc32)s1. The zero-order chi connectivity index (χ0) is 13.2. The van der Waals surface area contributed by atoms with Gasteiger partial charge in [-0.25, -0.2) is 10.8 Å². The van der Waals surface area contributed by atoms with E-state index in [0.717, 1.165) is 10.4 Å². The molecule has 0 aliphatic rings. The summed E-state index contributed by atoms with van der Waals surface area (Å²) in [5.41, 5.74) is 3.25. The summed E-state index contributed by atoms with van der Waals surface area (Å²) in [4.78, 5) is 16.8. The molecule has 0 unspecified atom stereocenters. The van der Waals surface area contributed by atoms with Crippen LogP contribution >= 0.6 is 11.3 Å². The Hall–Kier alpha value is -2.25. The molecular weight excluding hydrogens is 262 g/mol. The quantitative estimate of drug-likeness (QED) is 0.553. The molecule has 0 aliphatic carbocycles. The van der Waals surface area contributed by atoms with Crippen molar-refractivity contribution in [2.45, 2.75) is 6.54 Å². The number of nitrogens with one attached hydrogen (secondary N) is 1. The Morgan fingerprint density at radius 1 is 1.32 bits per heavy atom. The predicted molar refractivity (Wildman–Crippen MR) is 75.0 cm³/mol. The number of fused-ring (bicyclic) bond motifs is 1. The van der Waals surface area contributed by atoms with E-state index in [-0.39, 0.29) is 5.43 Å². The highest BCUT2D eigenvalue weighted by molar-refractivity contribution is 7.15. The number of anilines is 1. The standard InChI is InChI=1S/C12H11N5OS/c13-16-12-14-5-8(19-12)7-17-10-4-2-1-3-9(10)11(18)6-15-17/h1-6H,7,13H2,(H,14,16). The van der Waals surface area contributed by atoms with E-state index in [2.05, 4.69) is 15.5 Å². The van der Waals surface area contributed by atoms with Gasteiger partial charge < -0.3 is 0 Å². The number of rotatable bonds is 3. The monoisotopic (exact) mass is 273 g/mol. The molecule has 0 saturated carbocycles. The summed E-state index contributed by atoms with van der Waals surface area (Å²) in [5, 5.41) is 5.49. The molecule has 2 heterocycles. The van der Waals surface area contributed by atoms with Crippen LogP contribution < -0.4 is 16.7 Å². The summed E-state index contributed by atoms with van der Waals surface area (Å²) in [7, 11) is 0. The molecule has 0 radical (unpaired) electrons. The van der Waals surface area contributed by atoms with E-state index in [1.807, 2.05) is 18.2 Å². The highest BCUT2D eigenvalue weighted by atomic mass is 32.1. The van der Waals surface area contributed by atoms with Gasteiger partial charge in [0.15, 0.2) is 5.13 Å². The second-order valence-corrected chi connectivity index (χ2v) is 5.07. The highest BCUT2D eigenvalue weighted by Gasteiger charge is 2.06. The molecule has 0 amide bonds. The molecule has 0 spiro atoms. The number of hydrazine groups is 1. The zero-order valence-electron chi connectivity index (χ0n) is 9.91. The minimum Gasteiger partial charge on any atom is -0.300 e.